The molecule has 2 aromatic heterocycles. The van der Waals surface area contributed by atoms with Crippen molar-refractivity contribution >= 4 is 22.1 Å². The van der Waals surface area contributed by atoms with Gasteiger partial charge < -0.3 is 15.0 Å². The van der Waals surface area contributed by atoms with E-state index in [1.165, 1.54) is 5.69 Å². The normalized spacial score (nSPS) is 13.0. The zero-order valence-electron chi connectivity index (χ0n) is 13.4. The Bertz CT molecular complexity index is 551. The van der Waals surface area contributed by atoms with Crippen LogP contribution < -0.4 is 10.2 Å². The molecule has 0 aliphatic rings. The van der Waals surface area contributed by atoms with Crippen LogP contribution in [0, 0.1) is 0 Å². The summed E-state index contributed by atoms with van der Waals surface area (Å²) in [7, 11) is 1.73. The quantitative estimate of drug-likeness (QED) is 0.723. The summed E-state index contributed by atoms with van der Waals surface area (Å²) in [5, 5.41) is 5.53. The molecule has 0 saturated carbocycles. The van der Waals surface area contributed by atoms with Crippen molar-refractivity contribution in [2.75, 3.05) is 31.7 Å². The summed E-state index contributed by atoms with van der Waals surface area (Å²) in [6, 6.07) is 0.498. The van der Waals surface area contributed by atoms with E-state index in [1.807, 2.05) is 0 Å². The molecule has 1 N–H and O–H groups in total. The summed E-state index contributed by atoms with van der Waals surface area (Å²) in [5.74, 6) is 1.11. The number of anilines is 1. The highest BCUT2D eigenvalue weighted by Crippen LogP contribution is 2.26. The molecule has 0 aliphatic carbocycles. The van der Waals surface area contributed by atoms with Gasteiger partial charge in [-0.2, -0.15) is 0 Å². The third-order valence-electron chi connectivity index (χ3n) is 3.85. The second-order valence-corrected chi connectivity index (χ2v) is 6.02. The molecule has 0 aromatic carbocycles. The van der Waals surface area contributed by atoms with Crippen LogP contribution in [0.15, 0.2) is 11.6 Å². The molecule has 2 rings (SSSR count). The van der Waals surface area contributed by atoms with Crippen molar-refractivity contribution in [1.29, 1.82) is 0 Å². The molecule has 2 aromatic rings. The summed E-state index contributed by atoms with van der Waals surface area (Å²) < 4.78 is 7.29. The first-order valence-electron chi connectivity index (χ1n) is 7.63. The van der Waals surface area contributed by atoms with Gasteiger partial charge in [0.1, 0.15) is 0 Å². The van der Waals surface area contributed by atoms with E-state index in [-0.39, 0.29) is 0 Å². The van der Waals surface area contributed by atoms with Crippen LogP contribution in [0.25, 0.3) is 4.96 Å². The summed E-state index contributed by atoms with van der Waals surface area (Å²) in [5.41, 5.74) is 1.24. The number of aromatic nitrogens is 2. The minimum Gasteiger partial charge on any atom is -0.383 e. The molecule has 5 nitrogen and oxygen atoms in total. The van der Waals surface area contributed by atoms with Crippen molar-refractivity contribution in [2.24, 2.45) is 0 Å². The highest BCUT2D eigenvalue weighted by Gasteiger charge is 2.20. The second-order valence-electron chi connectivity index (χ2n) is 5.15. The van der Waals surface area contributed by atoms with Gasteiger partial charge in [-0.25, -0.2) is 4.98 Å². The Hall–Kier alpha value is -1.11. The fourth-order valence-electron chi connectivity index (χ4n) is 2.49. The van der Waals surface area contributed by atoms with Gasteiger partial charge in [-0.15, -0.1) is 11.3 Å². The number of hydrogen-bond donors (Lipinski definition) is 1. The Balaban J connectivity index is 2.26. The Morgan fingerprint density at radius 3 is 2.95 bits per heavy atom. The van der Waals surface area contributed by atoms with Gasteiger partial charge in [0.25, 0.3) is 0 Å². The molecule has 0 saturated heterocycles. The molecule has 0 bridgehead atoms. The molecule has 118 valence electrons. The molecule has 6 heteroatoms. The monoisotopic (exact) mass is 310 g/mol. The van der Waals surface area contributed by atoms with Crippen molar-refractivity contribution in [3.8, 4) is 0 Å². The molecule has 21 heavy (non-hydrogen) atoms. The fraction of sp³-hybridized carbons (Fsp3) is 0.667. The predicted molar refractivity (Wildman–Crippen MR) is 89.4 cm³/mol. The molecule has 0 fully saturated rings. The van der Waals surface area contributed by atoms with E-state index in [9.17, 15) is 0 Å². The van der Waals surface area contributed by atoms with E-state index >= 15 is 0 Å². The smallest absolute Gasteiger partial charge is 0.195 e. The number of hydrogen-bond acceptors (Lipinski definition) is 5. The topological polar surface area (TPSA) is 41.8 Å². The minimum atomic E-state index is 0.498. The lowest BCUT2D eigenvalue weighted by atomic mass is 10.2. The Morgan fingerprint density at radius 1 is 1.48 bits per heavy atom. The van der Waals surface area contributed by atoms with Crippen LogP contribution in [0.5, 0.6) is 0 Å². The number of imidazole rings is 1. The van der Waals surface area contributed by atoms with Crippen LogP contribution in [0.2, 0.25) is 0 Å². The van der Waals surface area contributed by atoms with Crippen LogP contribution in [0.4, 0.5) is 5.82 Å². The predicted octanol–water partition coefficient (Wildman–Crippen LogP) is 2.76. The molecule has 2 heterocycles. The summed E-state index contributed by atoms with van der Waals surface area (Å²) in [4.78, 5) is 8.31. The average molecular weight is 310 g/mol. The minimum absolute atomic E-state index is 0.498. The summed E-state index contributed by atoms with van der Waals surface area (Å²) >= 11 is 1.69. The molecule has 1 unspecified atom stereocenters. The van der Waals surface area contributed by atoms with Gasteiger partial charge in [0.15, 0.2) is 10.8 Å². The molecular weight excluding hydrogens is 284 g/mol. The maximum atomic E-state index is 5.09. The molecule has 0 radical (unpaired) electrons. The van der Waals surface area contributed by atoms with Gasteiger partial charge in [0.05, 0.1) is 12.3 Å². The van der Waals surface area contributed by atoms with Crippen LogP contribution >= 0.6 is 11.3 Å². The van der Waals surface area contributed by atoms with Gasteiger partial charge >= 0.3 is 0 Å². The number of rotatable bonds is 9. The number of nitrogens with zero attached hydrogens (tertiary/aromatic N) is 3. The highest BCUT2D eigenvalue weighted by molar-refractivity contribution is 7.15. The van der Waals surface area contributed by atoms with E-state index in [2.05, 4.69) is 47.0 Å². The number of ether oxygens (including phenoxy) is 1. The number of thiazole rings is 1. The molecule has 0 amide bonds. The lowest BCUT2D eigenvalue weighted by Gasteiger charge is -2.28. The molecule has 0 spiro atoms. The van der Waals surface area contributed by atoms with Crippen molar-refractivity contribution in [3.63, 3.8) is 0 Å². The maximum absolute atomic E-state index is 5.09. The third kappa shape index (κ3) is 3.56. The van der Waals surface area contributed by atoms with E-state index in [1.54, 1.807) is 18.4 Å². The lowest BCUT2D eigenvalue weighted by Crippen LogP contribution is -2.34. The average Bonchev–Trinajstić information content (AvgIpc) is 3.06. The first-order valence-corrected chi connectivity index (χ1v) is 8.51. The third-order valence-corrected chi connectivity index (χ3v) is 4.61. The molecular formula is C15H26N4OS. The van der Waals surface area contributed by atoms with Gasteiger partial charge in [-0.1, -0.05) is 6.92 Å². The standard InChI is InChI=1S/C15H26N4OS/c1-5-12(3)18(6-2)14-13(11-16-7-9-20-4)19-8-10-21-15(19)17-14/h8,10,12,16H,5-7,9,11H2,1-4H3. The first kappa shape index (κ1) is 16.3. The number of methoxy groups -OCH3 is 1. The van der Waals surface area contributed by atoms with Gasteiger partial charge in [0.2, 0.25) is 0 Å². The summed E-state index contributed by atoms with van der Waals surface area (Å²) in [6.07, 6.45) is 3.23. The van der Waals surface area contributed by atoms with E-state index < -0.39 is 0 Å². The van der Waals surface area contributed by atoms with Crippen LogP contribution in [-0.4, -0.2) is 42.2 Å². The zero-order chi connectivity index (χ0) is 15.2. The van der Waals surface area contributed by atoms with E-state index in [4.69, 9.17) is 9.72 Å². The molecule has 0 aliphatic heterocycles. The number of fused-ring (bicyclic) bond motifs is 1. The van der Waals surface area contributed by atoms with E-state index in [0.717, 1.165) is 43.4 Å². The van der Waals surface area contributed by atoms with Crippen molar-refractivity contribution in [2.45, 2.75) is 39.8 Å². The zero-order valence-corrected chi connectivity index (χ0v) is 14.2. The van der Waals surface area contributed by atoms with Gasteiger partial charge in [-0.05, 0) is 20.3 Å². The van der Waals surface area contributed by atoms with Crippen LogP contribution in [-0.2, 0) is 11.3 Å². The Kier molecular flexibility index (Phi) is 6.02. The maximum Gasteiger partial charge on any atom is 0.195 e. The Labute approximate surface area is 130 Å². The van der Waals surface area contributed by atoms with Gasteiger partial charge in [-0.3, -0.25) is 4.40 Å². The SMILES string of the molecule is CCC(C)N(CC)c1nc2sccn2c1CNCCOC. The first-order chi connectivity index (χ1) is 10.2. The molecule has 1 atom stereocenters. The fourth-order valence-corrected chi connectivity index (χ4v) is 3.22. The second kappa shape index (κ2) is 7.77. The lowest BCUT2D eigenvalue weighted by molar-refractivity contribution is 0.199. The van der Waals surface area contributed by atoms with Crippen LogP contribution in [0.1, 0.15) is 32.9 Å². The van der Waals surface area contributed by atoms with Crippen molar-refractivity contribution in [3.05, 3.63) is 17.3 Å². The van der Waals surface area contributed by atoms with Gasteiger partial charge in [0, 0.05) is 44.4 Å². The number of nitrogens with one attached hydrogen (secondary N) is 1. The highest BCUT2D eigenvalue weighted by atomic mass is 32.1. The van der Waals surface area contributed by atoms with E-state index in [0.29, 0.717) is 6.04 Å². The largest absolute Gasteiger partial charge is 0.383 e. The Morgan fingerprint density at radius 2 is 2.29 bits per heavy atom. The van der Waals surface area contributed by atoms with Crippen molar-refractivity contribution in [1.82, 2.24) is 14.7 Å². The summed E-state index contributed by atoms with van der Waals surface area (Å²) in [6.45, 7) is 10.0. The van der Waals surface area contributed by atoms with Crippen molar-refractivity contribution < 1.29 is 4.74 Å². The van der Waals surface area contributed by atoms with Crippen LogP contribution in [0.3, 0.4) is 0 Å².